The van der Waals surface area contributed by atoms with E-state index in [1.807, 2.05) is 59.1 Å². The monoisotopic (exact) mass is 494 g/mol. The van der Waals surface area contributed by atoms with E-state index in [-0.39, 0.29) is 11.9 Å². The number of aryl methyl sites for hydroxylation is 2. The molecule has 0 saturated carbocycles. The van der Waals surface area contributed by atoms with Gasteiger partial charge in [0.2, 0.25) is 0 Å². The number of hydrogen-bond acceptors (Lipinski definition) is 5. The summed E-state index contributed by atoms with van der Waals surface area (Å²) in [4.78, 5) is 20.3. The lowest BCUT2D eigenvalue weighted by Gasteiger charge is -2.33. The molecule has 0 spiro atoms. The maximum Gasteiger partial charge on any atom is 0.252 e. The van der Waals surface area contributed by atoms with Crippen molar-refractivity contribution in [1.82, 2.24) is 24.5 Å². The first-order chi connectivity index (χ1) is 18.1. The number of nitrogens with zero attached hydrogens (tertiary/aromatic N) is 6. The highest BCUT2D eigenvalue weighted by molar-refractivity contribution is 5.98. The van der Waals surface area contributed by atoms with Crippen LogP contribution in [0.4, 0.5) is 5.69 Å². The molecule has 2 atom stereocenters. The van der Waals surface area contributed by atoms with Crippen LogP contribution >= 0.6 is 0 Å². The van der Waals surface area contributed by atoms with Gasteiger partial charge in [-0.3, -0.25) is 4.79 Å². The summed E-state index contributed by atoms with van der Waals surface area (Å²) in [6.45, 7) is 1.95. The van der Waals surface area contributed by atoms with Gasteiger partial charge in [-0.05, 0) is 62.8 Å². The van der Waals surface area contributed by atoms with E-state index in [4.69, 9.17) is 4.74 Å². The second-order valence-electron chi connectivity index (χ2n) is 9.71. The van der Waals surface area contributed by atoms with E-state index in [0.29, 0.717) is 17.9 Å². The zero-order chi connectivity index (χ0) is 25.4. The van der Waals surface area contributed by atoms with Crippen LogP contribution in [0.2, 0.25) is 0 Å². The SMILES string of the molecule is COc1cc(-c2cn(C3CCc4ccccc4N(C4C=CCCC4)C3=O)nn2)ccc1-n1cnc(C)c1. The maximum absolute atomic E-state index is 14.0. The third-order valence-electron chi connectivity index (χ3n) is 7.32. The number of fused-ring (bicyclic) bond motifs is 1. The molecule has 188 valence electrons. The Labute approximate surface area is 216 Å². The zero-order valence-corrected chi connectivity index (χ0v) is 21.1. The molecule has 0 bridgehead atoms. The quantitative estimate of drug-likeness (QED) is 0.362. The lowest BCUT2D eigenvalue weighted by molar-refractivity contribution is -0.122. The van der Waals surface area contributed by atoms with Crippen LogP contribution in [0.25, 0.3) is 16.9 Å². The lowest BCUT2D eigenvalue weighted by Crippen LogP contribution is -2.43. The van der Waals surface area contributed by atoms with Gasteiger partial charge in [-0.1, -0.05) is 41.6 Å². The first-order valence-electron chi connectivity index (χ1n) is 12.8. The summed E-state index contributed by atoms with van der Waals surface area (Å²) in [5.74, 6) is 0.780. The summed E-state index contributed by atoms with van der Waals surface area (Å²) in [6.07, 6.45) is 14.6. The Kier molecular flexibility index (Phi) is 6.08. The molecule has 4 aromatic rings. The minimum Gasteiger partial charge on any atom is -0.495 e. The average molecular weight is 495 g/mol. The second-order valence-corrected chi connectivity index (χ2v) is 9.71. The lowest BCUT2D eigenvalue weighted by atomic mass is 9.99. The van der Waals surface area contributed by atoms with E-state index in [2.05, 4.69) is 39.6 Å². The summed E-state index contributed by atoms with van der Waals surface area (Å²) in [5.41, 5.74) is 5.62. The molecule has 37 heavy (non-hydrogen) atoms. The van der Waals surface area contributed by atoms with Gasteiger partial charge in [0.25, 0.3) is 5.91 Å². The number of carbonyl (C=O) groups excluding carboxylic acids is 1. The molecule has 6 rings (SSSR count). The molecule has 3 heterocycles. The Hall–Kier alpha value is -4.20. The van der Waals surface area contributed by atoms with Gasteiger partial charge in [-0.15, -0.1) is 5.10 Å². The molecule has 8 nitrogen and oxygen atoms in total. The maximum atomic E-state index is 14.0. The summed E-state index contributed by atoms with van der Waals surface area (Å²) in [5, 5.41) is 8.88. The zero-order valence-electron chi connectivity index (χ0n) is 21.1. The van der Waals surface area contributed by atoms with Crippen LogP contribution in [0, 0.1) is 6.92 Å². The van der Waals surface area contributed by atoms with E-state index in [1.165, 1.54) is 5.56 Å². The first kappa shape index (κ1) is 23.2. The Morgan fingerprint density at radius 2 is 1.95 bits per heavy atom. The van der Waals surface area contributed by atoms with E-state index < -0.39 is 6.04 Å². The van der Waals surface area contributed by atoms with E-state index in [9.17, 15) is 4.79 Å². The van der Waals surface area contributed by atoms with Crippen LogP contribution in [0.3, 0.4) is 0 Å². The van der Waals surface area contributed by atoms with E-state index >= 15 is 0 Å². The Bertz CT molecular complexity index is 1470. The van der Waals surface area contributed by atoms with E-state index in [1.54, 1.807) is 18.1 Å². The van der Waals surface area contributed by atoms with Crippen LogP contribution in [0.1, 0.15) is 43.0 Å². The number of ether oxygens (including phenoxy) is 1. The molecule has 2 aromatic heterocycles. The average Bonchev–Trinajstić information content (AvgIpc) is 3.56. The number of methoxy groups -OCH3 is 1. The minimum atomic E-state index is -0.418. The van der Waals surface area contributed by atoms with Crippen molar-refractivity contribution in [1.29, 1.82) is 0 Å². The normalized spacial score (nSPS) is 19.5. The van der Waals surface area contributed by atoms with E-state index in [0.717, 1.165) is 48.3 Å². The molecule has 2 aliphatic rings. The van der Waals surface area contributed by atoms with Crippen molar-refractivity contribution in [2.75, 3.05) is 12.0 Å². The van der Waals surface area contributed by atoms with Crippen molar-refractivity contribution in [2.45, 2.75) is 51.1 Å². The van der Waals surface area contributed by atoms with Crippen LogP contribution in [-0.4, -0.2) is 43.6 Å². The number of para-hydroxylation sites is 1. The van der Waals surface area contributed by atoms with Crippen molar-refractivity contribution >= 4 is 11.6 Å². The number of anilines is 1. The second kappa shape index (κ2) is 9.69. The van der Waals surface area contributed by atoms with Crippen LogP contribution in [0.15, 0.2) is 73.3 Å². The standard InChI is InChI=1S/C29H30N6O2/c1-20-17-33(19-30-20)26-14-13-22(16-28(26)37-2)24-18-34(32-31-24)27-15-12-21-8-6-7-11-25(21)35(29(27)36)23-9-4-3-5-10-23/h4,6-9,11,13-14,16-19,23,27H,3,5,10,12,15H2,1-2H3. The number of benzene rings is 2. The Balaban J connectivity index is 1.32. The number of rotatable bonds is 5. The minimum absolute atomic E-state index is 0.0645. The highest BCUT2D eigenvalue weighted by Gasteiger charge is 2.35. The first-order valence-corrected chi connectivity index (χ1v) is 12.8. The van der Waals surface area contributed by atoms with Crippen LogP contribution in [-0.2, 0) is 11.2 Å². The predicted octanol–water partition coefficient (Wildman–Crippen LogP) is 5.08. The van der Waals surface area contributed by atoms with Gasteiger partial charge in [0.15, 0.2) is 0 Å². The summed E-state index contributed by atoms with van der Waals surface area (Å²) >= 11 is 0. The molecule has 1 amide bonds. The number of imidazole rings is 1. The summed E-state index contributed by atoms with van der Waals surface area (Å²) < 4.78 is 9.35. The number of hydrogen-bond donors (Lipinski definition) is 0. The summed E-state index contributed by atoms with van der Waals surface area (Å²) in [6, 6.07) is 13.8. The molecule has 2 aromatic carbocycles. The molecular formula is C29H30N6O2. The summed E-state index contributed by atoms with van der Waals surface area (Å²) in [7, 11) is 1.65. The van der Waals surface area contributed by atoms with Crippen molar-refractivity contribution in [2.24, 2.45) is 0 Å². The molecule has 1 aliphatic heterocycles. The fourth-order valence-electron chi connectivity index (χ4n) is 5.41. The molecule has 0 radical (unpaired) electrons. The van der Waals surface area contributed by atoms with Gasteiger partial charge in [-0.2, -0.15) is 0 Å². The van der Waals surface area contributed by atoms with Gasteiger partial charge in [0, 0.05) is 17.4 Å². The van der Waals surface area contributed by atoms with Crippen molar-refractivity contribution in [3.63, 3.8) is 0 Å². The smallest absolute Gasteiger partial charge is 0.252 e. The predicted molar refractivity (Wildman–Crippen MR) is 142 cm³/mol. The molecule has 0 saturated heterocycles. The number of carbonyl (C=O) groups is 1. The van der Waals surface area contributed by atoms with Gasteiger partial charge in [-0.25, -0.2) is 9.67 Å². The number of amides is 1. The van der Waals surface area contributed by atoms with Crippen molar-refractivity contribution < 1.29 is 9.53 Å². The van der Waals surface area contributed by atoms with Crippen molar-refractivity contribution in [3.05, 3.63) is 84.6 Å². The van der Waals surface area contributed by atoms with Crippen molar-refractivity contribution in [3.8, 4) is 22.7 Å². The highest BCUT2D eigenvalue weighted by Crippen LogP contribution is 2.36. The van der Waals surface area contributed by atoms with Gasteiger partial charge < -0.3 is 14.2 Å². The fraction of sp³-hybridized carbons (Fsp3) is 0.310. The number of aromatic nitrogens is 5. The molecule has 0 fully saturated rings. The van der Waals surface area contributed by atoms with Crippen LogP contribution < -0.4 is 9.64 Å². The molecule has 2 unspecified atom stereocenters. The molecule has 0 N–H and O–H groups in total. The Morgan fingerprint density at radius 1 is 1.05 bits per heavy atom. The highest BCUT2D eigenvalue weighted by atomic mass is 16.5. The molecular weight excluding hydrogens is 464 g/mol. The topological polar surface area (TPSA) is 78.1 Å². The third kappa shape index (κ3) is 4.33. The van der Waals surface area contributed by atoms with Gasteiger partial charge in [0.1, 0.15) is 17.5 Å². The molecule has 1 aliphatic carbocycles. The largest absolute Gasteiger partial charge is 0.495 e. The third-order valence-corrected chi connectivity index (χ3v) is 7.32. The van der Waals surface area contributed by atoms with Crippen LogP contribution in [0.5, 0.6) is 5.75 Å². The number of allylic oxidation sites excluding steroid dienone is 1. The fourth-order valence-corrected chi connectivity index (χ4v) is 5.41. The van der Waals surface area contributed by atoms with Gasteiger partial charge in [0.05, 0.1) is 37.1 Å². The van der Waals surface area contributed by atoms with Gasteiger partial charge >= 0.3 is 0 Å². The molecule has 8 heteroatoms. The Morgan fingerprint density at radius 3 is 2.73 bits per heavy atom.